The summed E-state index contributed by atoms with van der Waals surface area (Å²) in [5.74, 6) is -2.00. The van der Waals surface area contributed by atoms with Crippen molar-refractivity contribution in [3.63, 3.8) is 0 Å². The summed E-state index contributed by atoms with van der Waals surface area (Å²) in [5, 5.41) is 12.9. The zero-order chi connectivity index (χ0) is 13.9. The van der Waals surface area contributed by atoms with Crippen LogP contribution < -0.4 is 10.6 Å². The van der Waals surface area contributed by atoms with Crippen LogP contribution in [0.15, 0.2) is 0 Å². The third kappa shape index (κ3) is 2.96. The van der Waals surface area contributed by atoms with Gasteiger partial charge in [-0.3, -0.25) is 19.7 Å². The molecule has 0 spiro atoms. The summed E-state index contributed by atoms with van der Waals surface area (Å²) in [4.78, 5) is 45.7. The van der Waals surface area contributed by atoms with Crippen LogP contribution in [0.25, 0.3) is 0 Å². The van der Waals surface area contributed by atoms with Gasteiger partial charge in [-0.15, -0.1) is 0 Å². The molecule has 100 valence electrons. The smallest absolute Gasteiger partial charge is 0.325 e. The first-order valence-electron chi connectivity index (χ1n) is 5.36. The fraction of sp³-hybridized carbons (Fsp3) is 0.600. The normalized spacial score (nSPS) is 17.6. The van der Waals surface area contributed by atoms with Crippen LogP contribution in [0.2, 0.25) is 0 Å². The van der Waals surface area contributed by atoms with Crippen molar-refractivity contribution < 1.29 is 24.3 Å². The van der Waals surface area contributed by atoms with E-state index in [0.717, 1.165) is 4.90 Å². The largest absolute Gasteiger partial charge is 0.481 e. The lowest BCUT2D eigenvalue weighted by Gasteiger charge is -2.27. The highest BCUT2D eigenvalue weighted by Gasteiger charge is 2.46. The monoisotopic (exact) mass is 257 g/mol. The van der Waals surface area contributed by atoms with E-state index in [1.54, 1.807) is 0 Å². The fourth-order valence-electron chi connectivity index (χ4n) is 1.47. The quantitative estimate of drug-likeness (QED) is 0.541. The number of aliphatic carboxylic acids is 1. The molecule has 0 radical (unpaired) electrons. The summed E-state index contributed by atoms with van der Waals surface area (Å²) in [6.45, 7) is 2.75. The molecular formula is C10H15N3O5. The number of carboxylic acid groups (broad SMARTS) is 1. The number of rotatable bonds is 5. The molecule has 8 nitrogen and oxygen atoms in total. The summed E-state index contributed by atoms with van der Waals surface area (Å²) in [6, 6.07) is -0.626. The SMILES string of the molecule is CC1(C)C(=O)NC(=O)N1CC(=O)NCCC(=O)O. The van der Waals surface area contributed by atoms with Crippen LogP contribution in [-0.4, -0.2) is 52.4 Å². The lowest BCUT2D eigenvalue weighted by Crippen LogP contribution is -2.49. The molecule has 3 N–H and O–H groups in total. The lowest BCUT2D eigenvalue weighted by molar-refractivity contribution is -0.137. The summed E-state index contributed by atoms with van der Waals surface area (Å²) in [7, 11) is 0. The predicted octanol–water partition coefficient (Wildman–Crippen LogP) is -1.09. The number of amides is 4. The molecule has 4 amide bonds. The number of carboxylic acids is 1. The van der Waals surface area contributed by atoms with Gasteiger partial charge < -0.3 is 15.3 Å². The van der Waals surface area contributed by atoms with Gasteiger partial charge in [0.05, 0.1) is 6.42 Å². The van der Waals surface area contributed by atoms with Crippen molar-refractivity contribution in [3.05, 3.63) is 0 Å². The van der Waals surface area contributed by atoms with Gasteiger partial charge in [0.25, 0.3) is 5.91 Å². The van der Waals surface area contributed by atoms with Crippen molar-refractivity contribution in [2.45, 2.75) is 25.8 Å². The molecule has 8 heteroatoms. The van der Waals surface area contributed by atoms with Gasteiger partial charge in [-0.05, 0) is 13.8 Å². The third-order valence-electron chi connectivity index (χ3n) is 2.66. The van der Waals surface area contributed by atoms with E-state index >= 15 is 0 Å². The van der Waals surface area contributed by atoms with E-state index in [1.165, 1.54) is 13.8 Å². The van der Waals surface area contributed by atoms with Crippen molar-refractivity contribution in [2.24, 2.45) is 0 Å². The van der Waals surface area contributed by atoms with Gasteiger partial charge in [-0.25, -0.2) is 4.79 Å². The number of carbonyl (C=O) groups excluding carboxylic acids is 3. The summed E-state index contributed by atoms with van der Waals surface area (Å²) in [6.07, 6.45) is -0.194. The second-order valence-corrected chi connectivity index (χ2v) is 4.40. The topological polar surface area (TPSA) is 116 Å². The number of imide groups is 1. The van der Waals surface area contributed by atoms with Crippen molar-refractivity contribution in [1.82, 2.24) is 15.5 Å². The van der Waals surface area contributed by atoms with E-state index < -0.39 is 29.4 Å². The van der Waals surface area contributed by atoms with Gasteiger partial charge >= 0.3 is 12.0 Å². The number of nitrogens with zero attached hydrogens (tertiary/aromatic N) is 1. The highest BCUT2D eigenvalue weighted by Crippen LogP contribution is 2.19. The zero-order valence-corrected chi connectivity index (χ0v) is 10.1. The second kappa shape index (κ2) is 5.03. The molecule has 0 aliphatic carbocycles. The van der Waals surface area contributed by atoms with Gasteiger partial charge in [-0.2, -0.15) is 0 Å². The number of urea groups is 1. The van der Waals surface area contributed by atoms with E-state index in [1.807, 2.05) is 0 Å². The first kappa shape index (κ1) is 13.9. The van der Waals surface area contributed by atoms with Crippen molar-refractivity contribution in [2.75, 3.05) is 13.1 Å². The van der Waals surface area contributed by atoms with Crippen LogP contribution in [0.1, 0.15) is 20.3 Å². The van der Waals surface area contributed by atoms with Crippen LogP contribution in [0.5, 0.6) is 0 Å². The molecule has 1 saturated heterocycles. The predicted molar refractivity (Wildman–Crippen MR) is 59.6 cm³/mol. The van der Waals surface area contributed by atoms with E-state index in [4.69, 9.17) is 5.11 Å². The Labute approximate surface area is 103 Å². The number of carbonyl (C=O) groups is 4. The molecule has 1 fully saturated rings. The maximum atomic E-state index is 11.5. The Hall–Kier alpha value is -2.12. The molecule has 0 unspecified atom stereocenters. The molecule has 18 heavy (non-hydrogen) atoms. The van der Waals surface area contributed by atoms with E-state index in [0.29, 0.717) is 0 Å². The first-order chi connectivity index (χ1) is 8.25. The third-order valence-corrected chi connectivity index (χ3v) is 2.66. The molecule has 0 aromatic carbocycles. The highest BCUT2D eigenvalue weighted by atomic mass is 16.4. The van der Waals surface area contributed by atoms with Crippen molar-refractivity contribution in [1.29, 1.82) is 0 Å². The molecule has 1 rings (SSSR count). The maximum absolute atomic E-state index is 11.5. The van der Waals surface area contributed by atoms with Gasteiger partial charge in [0.15, 0.2) is 0 Å². The Balaban J connectivity index is 2.51. The van der Waals surface area contributed by atoms with Crippen molar-refractivity contribution in [3.8, 4) is 0 Å². The van der Waals surface area contributed by atoms with Gasteiger partial charge in [-0.1, -0.05) is 0 Å². The maximum Gasteiger partial charge on any atom is 0.325 e. The van der Waals surface area contributed by atoms with Gasteiger partial charge in [0.1, 0.15) is 12.1 Å². The average molecular weight is 257 g/mol. The molecule has 1 aliphatic rings. The minimum Gasteiger partial charge on any atom is -0.481 e. The number of nitrogens with one attached hydrogen (secondary N) is 2. The minimum atomic E-state index is -1.08. The Morgan fingerprint density at radius 3 is 2.44 bits per heavy atom. The summed E-state index contributed by atoms with van der Waals surface area (Å²) >= 11 is 0. The van der Waals surface area contributed by atoms with E-state index in [9.17, 15) is 19.2 Å². The molecule has 0 saturated carbocycles. The molecule has 1 aliphatic heterocycles. The first-order valence-corrected chi connectivity index (χ1v) is 5.36. The Bertz CT molecular complexity index is 404. The van der Waals surface area contributed by atoms with Crippen LogP contribution in [0.4, 0.5) is 4.79 Å². The van der Waals surface area contributed by atoms with Gasteiger partial charge in [0, 0.05) is 6.54 Å². The van der Waals surface area contributed by atoms with Crippen LogP contribution >= 0.6 is 0 Å². The lowest BCUT2D eigenvalue weighted by atomic mass is 10.0. The average Bonchev–Trinajstić information content (AvgIpc) is 2.41. The van der Waals surface area contributed by atoms with Crippen LogP contribution in [0, 0.1) is 0 Å². The Morgan fingerprint density at radius 1 is 1.39 bits per heavy atom. The molecular weight excluding hydrogens is 242 g/mol. The molecule has 0 aromatic heterocycles. The van der Waals surface area contributed by atoms with Crippen LogP contribution in [-0.2, 0) is 14.4 Å². The summed E-state index contributed by atoms with van der Waals surface area (Å²) in [5.41, 5.74) is -1.08. The van der Waals surface area contributed by atoms with Crippen LogP contribution in [0.3, 0.4) is 0 Å². The Morgan fingerprint density at radius 2 is 2.00 bits per heavy atom. The molecule has 0 bridgehead atoms. The van der Waals surface area contributed by atoms with Crippen molar-refractivity contribution >= 4 is 23.8 Å². The van der Waals surface area contributed by atoms with E-state index in [-0.39, 0.29) is 19.5 Å². The van der Waals surface area contributed by atoms with E-state index in [2.05, 4.69) is 10.6 Å². The summed E-state index contributed by atoms with van der Waals surface area (Å²) < 4.78 is 0. The number of hydrogen-bond acceptors (Lipinski definition) is 4. The second-order valence-electron chi connectivity index (χ2n) is 4.40. The minimum absolute atomic E-state index is 0.0159. The highest BCUT2D eigenvalue weighted by molar-refractivity contribution is 6.07. The fourth-order valence-corrected chi connectivity index (χ4v) is 1.47. The molecule has 1 heterocycles. The zero-order valence-electron chi connectivity index (χ0n) is 10.1. The number of hydrogen-bond donors (Lipinski definition) is 3. The molecule has 0 aromatic rings. The van der Waals surface area contributed by atoms with Gasteiger partial charge in [0.2, 0.25) is 5.91 Å². The molecule has 0 atom stereocenters. The Kier molecular flexibility index (Phi) is 3.89. The standard InChI is InChI=1S/C10H15N3O5/c1-10(2)8(17)12-9(18)13(10)5-6(14)11-4-3-7(15)16/h3-5H2,1-2H3,(H,11,14)(H,15,16)(H,12,17,18).